The Morgan fingerprint density at radius 3 is 2.18 bits per heavy atom. The Morgan fingerprint density at radius 1 is 0.889 bits per heavy atom. The number of fused-ring (bicyclic) bond motifs is 14. The molecule has 3 aliphatic heterocycles. The summed E-state index contributed by atoms with van der Waals surface area (Å²) in [7, 11) is 0. The smallest absolute Gasteiger partial charge is 0.305 e. The van der Waals surface area contributed by atoms with Gasteiger partial charge in [-0.3, -0.25) is 38.6 Å². The third-order valence-corrected chi connectivity index (χ3v) is 7.10. The molecule has 0 aromatic heterocycles. The molecule has 0 aliphatic carbocycles. The van der Waals surface area contributed by atoms with E-state index < -0.39 is 91.5 Å². The van der Waals surface area contributed by atoms with Crippen molar-refractivity contribution in [2.75, 3.05) is 19.6 Å². The maximum Gasteiger partial charge on any atom is 0.305 e. The zero-order chi connectivity index (χ0) is 33.1. The maximum absolute atomic E-state index is 13.6. The molecule has 3 aliphatic rings. The van der Waals surface area contributed by atoms with Crippen LogP contribution in [0.5, 0.6) is 0 Å². The number of carboxylic acids is 1. The molecular formula is C27H38N10O8. The van der Waals surface area contributed by atoms with E-state index >= 15 is 0 Å². The zero-order valence-electron chi connectivity index (χ0n) is 24.4. The molecule has 6 amide bonds. The number of aliphatic carboxylic acids is 1. The molecule has 3 heterocycles. The zero-order valence-corrected chi connectivity index (χ0v) is 24.4. The normalized spacial score (nSPS) is 23.2. The molecule has 18 nitrogen and oxygen atoms in total. The van der Waals surface area contributed by atoms with Crippen LogP contribution >= 0.6 is 0 Å². The van der Waals surface area contributed by atoms with Gasteiger partial charge in [-0.25, -0.2) is 0 Å². The number of nitrogens with two attached hydrogens (primary N) is 3. The van der Waals surface area contributed by atoms with Gasteiger partial charge in [-0.05, 0) is 24.0 Å². The first kappa shape index (κ1) is 34.2. The van der Waals surface area contributed by atoms with Crippen molar-refractivity contribution in [1.29, 1.82) is 0 Å². The van der Waals surface area contributed by atoms with Gasteiger partial charge in [0.05, 0.1) is 19.4 Å². The number of nitrogens with zero attached hydrogens (tertiary/aromatic N) is 2. The molecule has 1 aromatic carbocycles. The summed E-state index contributed by atoms with van der Waals surface area (Å²) in [6.07, 6.45) is -1.02. The summed E-state index contributed by atoms with van der Waals surface area (Å²) in [5.74, 6) is -6.17. The van der Waals surface area contributed by atoms with Gasteiger partial charge in [-0.2, -0.15) is 0 Å². The van der Waals surface area contributed by atoms with Crippen LogP contribution in [0.2, 0.25) is 0 Å². The molecule has 0 spiro atoms. The molecule has 4 rings (SSSR count). The highest BCUT2D eigenvalue weighted by Gasteiger charge is 2.42. The SMILES string of the molecule is NCc1ccc(CN2C(=O)[C@@H]3CNC(=O)[C@H](CC(=O)O)NC(=O)CNC(=O)[C@H](CCCN=C(N)N)NC(=O)CC2C(=O)N3)cc1. The average molecular weight is 631 g/mol. The first-order chi connectivity index (χ1) is 21.4. The minimum atomic E-state index is -1.56. The minimum absolute atomic E-state index is 0.0368. The second-order valence-corrected chi connectivity index (χ2v) is 10.5. The van der Waals surface area contributed by atoms with E-state index in [1.54, 1.807) is 24.3 Å². The number of carbonyl (C=O) groups is 7. The van der Waals surface area contributed by atoms with Crippen LogP contribution in [0, 0.1) is 0 Å². The summed E-state index contributed by atoms with van der Waals surface area (Å²) in [6, 6.07) is 1.68. The Hall–Kier alpha value is -5.26. The predicted molar refractivity (Wildman–Crippen MR) is 157 cm³/mol. The fourth-order valence-electron chi connectivity index (χ4n) is 4.78. The standard InChI is InChI=1S/C27H38N10O8/c28-10-14-3-5-15(6-4-14)13-37-19-9-20(38)34-16(2-1-7-31-27(29)30)23(42)33-12-21(39)35-17(8-22(40)41)24(43)32-11-18(26(37)45)36-25(19)44/h3-6,16-19H,1-2,7-13,28H2,(H,32,43)(H,33,42)(H,34,38)(H,35,39)(H,36,44)(H,40,41)(H4,29,30,31)/t16-,17-,18-,19?/m0/s1. The number of carbonyl (C=O) groups excluding carboxylic acids is 6. The molecular weight excluding hydrogens is 592 g/mol. The second-order valence-electron chi connectivity index (χ2n) is 10.5. The third kappa shape index (κ3) is 10.2. The Morgan fingerprint density at radius 2 is 1.53 bits per heavy atom. The first-order valence-corrected chi connectivity index (χ1v) is 14.2. The lowest BCUT2D eigenvalue weighted by molar-refractivity contribution is -0.151. The summed E-state index contributed by atoms with van der Waals surface area (Å²) >= 11 is 0. The van der Waals surface area contributed by atoms with Crippen LogP contribution in [-0.4, -0.2) is 101 Å². The number of benzene rings is 1. The van der Waals surface area contributed by atoms with Crippen molar-refractivity contribution in [1.82, 2.24) is 31.5 Å². The Bertz CT molecular complexity index is 1330. The summed E-state index contributed by atoms with van der Waals surface area (Å²) < 4.78 is 0. The van der Waals surface area contributed by atoms with Gasteiger partial charge in [0.15, 0.2) is 5.96 Å². The van der Waals surface area contributed by atoms with Crippen LogP contribution in [0.15, 0.2) is 29.3 Å². The summed E-state index contributed by atoms with van der Waals surface area (Å²) in [4.78, 5) is 95.1. The number of hydrogen-bond acceptors (Lipinski definition) is 9. The van der Waals surface area contributed by atoms with Crippen molar-refractivity contribution in [3.05, 3.63) is 35.4 Å². The number of amides is 6. The van der Waals surface area contributed by atoms with E-state index in [1.165, 1.54) is 4.90 Å². The second kappa shape index (κ2) is 16.0. The molecule has 4 atom stereocenters. The number of carboxylic acid groups (broad SMARTS) is 1. The van der Waals surface area contributed by atoms with Gasteiger partial charge in [0.25, 0.3) is 0 Å². The topological polar surface area (TPSA) is 294 Å². The molecule has 244 valence electrons. The number of guanidine groups is 1. The highest BCUT2D eigenvalue weighted by Crippen LogP contribution is 2.18. The largest absolute Gasteiger partial charge is 0.481 e. The van der Waals surface area contributed by atoms with Crippen molar-refractivity contribution >= 4 is 47.4 Å². The van der Waals surface area contributed by atoms with Gasteiger partial charge < -0.3 is 53.8 Å². The Balaban J connectivity index is 1.94. The van der Waals surface area contributed by atoms with E-state index in [1.807, 2.05) is 0 Å². The molecule has 0 saturated carbocycles. The van der Waals surface area contributed by atoms with E-state index in [2.05, 4.69) is 31.6 Å². The lowest BCUT2D eigenvalue weighted by Crippen LogP contribution is -2.66. The molecule has 1 unspecified atom stereocenters. The van der Waals surface area contributed by atoms with Gasteiger partial charge in [0.2, 0.25) is 35.4 Å². The quantitative estimate of drug-likeness (QED) is 0.0542. The van der Waals surface area contributed by atoms with Crippen LogP contribution < -0.4 is 43.8 Å². The number of hydrogen-bond donors (Lipinski definition) is 9. The lowest BCUT2D eigenvalue weighted by atomic mass is 10.0. The van der Waals surface area contributed by atoms with Gasteiger partial charge in [-0.1, -0.05) is 24.3 Å². The van der Waals surface area contributed by atoms with Crippen molar-refractivity contribution in [3.63, 3.8) is 0 Å². The van der Waals surface area contributed by atoms with Gasteiger partial charge >= 0.3 is 5.97 Å². The summed E-state index contributed by atoms with van der Waals surface area (Å²) in [5, 5.41) is 21.3. The van der Waals surface area contributed by atoms with Crippen molar-refractivity contribution in [2.45, 2.75) is 62.9 Å². The van der Waals surface area contributed by atoms with Crippen molar-refractivity contribution in [3.8, 4) is 0 Å². The molecule has 45 heavy (non-hydrogen) atoms. The van der Waals surface area contributed by atoms with Gasteiger partial charge in [0, 0.05) is 26.2 Å². The highest BCUT2D eigenvalue weighted by molar-refractivity contribution is 6.00. The van der Waals surface area contributed by atoms with E-state index in [0.717, 1.165) is 5.56 Å². The minimum Gasteiger partial charge on any atom is -0.481 e. The maximum atomic E-state index is 13.6. The van der Waals surface area contributed by atoms with Gasteiger partial charge in [0.1, 0.15) is 24.2 Å². The monoisotopic (exact) mass is 630 g/mol. The Labute approximate surface area is 257 Å². The summed E-state index contributed by atoms with van der Waals surface area (Å²) in [6.45, 7) is -0.708. The van der Waals surface area contributed by atoms with E-state index in [-0.39, 0.29) is 31.9 Å². The predicted octanol–water partition coefficient (Wildman–Crippen LogP) is -4.53. The fraction of sp³-hybridized carbons (Fsp3) is 0.481. The number of aliphatic imine (C=N–C) groups is 1. The van der Waals surface area contributed by atoms with E-state index in [0.29, 0.717) is 12.1 Å². The highest BCUT2D eigenvalue weighted by atomic mass is 16.4. The number of rotatable bonds is 9. The fourth-order valence-corrected chi connectivity index (χ4v) is 4.78. The third-order valence-electron chi connectivity index (χ3n) is 7.10. The molecule has 3 fully saturated rings. The Kier molecular flexibility index (Phi) is 12.2. The number of nitrogens with one attached hydrogen (secondary N) is 5. The molecule has 0 radical (unpaired) electrons. The van der Waals surface area contributed by atoms with Crippen LogP contribution in [0.4, 0.5) is 0 Å². The van der Waals surface area contributed by atoms with E-state index in [9.17, 15) is 38.7 Å². The number of piperazine rings is 1. The lowest BCUT2D eigenvalue weighted by Gasteiger charge is -2.39. The molecule has 2 bridgehead atoms. The van der Waals surface area contributed by atoms with Crippen LogP contribution in [0.3, 0.4) is 0 Å². The molecule has 18 heteroatoms. The molecule has 12 N–H and O–H groups in total. The van der Waals surface area contributed by atoms with Crippen LogP contribution in [-0.2, 0) is 46.7 Å². The molecule has 1 aromatic rings. The molecule has 3 saturated heterocycles. The average Bonchev–Trinajstić information content (AvgIpc) is 2.99. The van der Waals surface area contributed by atoms with Crippen molar-refractivity contribution in [2.24, 2.45) is 22.2 Å². The van der Waals surface area contributed by atoms with Crippen molar-refractivity contribution < 1.29 is 38.7 Å². The van der Waals surface area contributed by atoms with Crippen LogP contribution in [0.25, 0.3) is 0 Å². The first-order valence-electron chi connectivity index (χ1n) is 14.2. The van der Waals surface area contributed by atoms with Crippen LogP contribution in [0.1, 0.15) is 36.8 Å². The van der Waals surface area contributed by atoms with E-state index in [4.69, 9.17) is 17.2 Å². The van der Waals surface area contributed by atoms with Gasteiger partial charge in [-0.15, -0.1) is 0 Å². The summed E-state index contributed by atoms with van der Waals surface area (Å²) in [5.41, 5.74) is 17.8.